The molecule has 0 amide bonds. The quantitative estimate of drug-likeness (QED) is 0.932. The van der Waals surface area contributed by atoms with E-state index in [0.717, 1.165) is 23.4 Å². The number of aromatic nitrogens is 2. The number of aryl methyl sites for hydroxylation is 1. The Balaban J connectivity index is 2.32. The second-order valence-corrected chi connectivity index (χ2v) is 6.17. The number of carbonyl (C=O) groups is 1. The lowest BCUT2D eigenvalue weighted by molar-refractivity contribution is -0.131. The van der Waals surface area contributed by atoms with Crippen molar-refractivity contribution >= 4 is 16.8 Å². The lowest BCUT2D eigenvalue weighted by atomic mass is 9.86. The Morgan fingerprint density at radius 3 is 2.60 bits per heavy atom. The van der Waals surface area contributed by atoms with E-state index in [-0.39, 0.29) is 12.2 Å². The second-order valence-electron chi connectivity index (χ2n) is 6.17. The number of aliphatic hydroxyl groups excluding tert-OH is 1. The summed E-state index contributed by atoms with van der Waals surface area (Å²) in [6.07, 6.45) is -0.798. The van der Waals surface area contributed by atoms with E-state index in [1.807, 2.05) is 56.5 Å². The highest BCUT2D eigenvalue weighted by Crippen LogP contribution is 2.22. The molecule has 0 saturated carbocycles. The van der Waals surface area contributed by atoms with E-state index in [0.29, 0.717) is 0 Å². The summed E-state index contributed by atoms with van der Waals surface area (Å²) in [5.41, 5.74) is 1.48. The van der Waals surface area contributed by atoms with Crippen LogP contribution in [0.15, 0.2) is 24.3 Å². The maximum Gasteiger partial charge on any atom is 0.169 e. The van der Waals surface area contributed by atoms with Gasteiger partial charge in [0.1, 0.15) is 11.9 Å². The molecule has 1 atom stereocenters. The van der Waals surface area contributed by atoms with Crippen LogP contribution in [-0.2, 0) is 17.8 Å². The maximum atomic E-state index is 12.2. The van der Waals surface area contributed by atoms with Gasteiger partial charge in [0, 0.05) is 6.54 Å². The summed E-state index contributed by atoms with van der Waals surface area (Å²) in [5, 5.41) is 10.1. The zero-order valence-electron chi connectivity index (χ0n) is 12.6. The molecule has 1 aromatic heterocycles. The Morgan fingerprint density at radius 2 is 2.00 bits per heavy atom. The molecular weight excluding hydrogens is 252 g/mol. The van der Waals surface area contributed by atoms with Crippen molar-refractivity contribution in [2.24, 2.45) is 5.41 Å². The van der Waals surface area contributed by atoms with Gasteiger partial charge in [-0.25, -0.2) is 4.98 Å². The summed E-state index contributed by atoms with van der Waals surface area (Å²) >= 11 is 0. The molecule has 2 aromatic rings. The number of aliphatic hydroxyl groups is 1. The Morgan fingerprint density at radius 1 is 1.35 bits per heavy atom. The van der Waals surface area contributed by atoms with E-state index in [2.05, 4.69) is 4.98 Å². The number of rotatable bonds is 4. The van der Waals surface area contributed by atoms with Gasteiger partial charge in [-0.15, -0.1) is 0 Å². The van der Waals surface area contributed by atoms with Gasteiger partial charge in [-0.05, 0) is 24.5 Å². The molecule has 0 fully saturated rings. The number of para-hydroxylation sites is 2. The van der Waals surface area contributed by atoms with Crippen LogP contribution >= 0.6 is 0 Å². The number of carbonyl (C=O) groups excluding carboxylic acids is 1. The largest absolute Gasteiger partial charge is 0.385 e. The molecule has 1 aromatic carbocycles. The first kappa shape index (κ1) is 14.7. The first-order chi connectivity index (χ1) is 9.34. The monoisotopic (exact) mass is 274 g/mol. The van der Waals surface area contributed by atoms with Crippen LogP contribution in [0.4, 0.5) is 0 Å². The van der Waals surface area contributed by atoms with Crippen LogP contribution in [-0.4, -0.2) is 26.5 Å². The van der Waals surface area contributed by atoms with Crippen molar-refractivity contribution in [3.05, 3.63) is 30.1 Å². The topological polar surface area (TPSA) is 55.1 Å². The van der Waals surface area contributed by atoms with Crippen molar-refractivity contribution in [3.8, 4) is 0 Å². The molecule has 0 spiro atoms. The van der Waals surface area contributed by atoms with Gasteiger partial charge in [-0.1, -0.05) is 32.9 Å². The number of ketones is 1. The Bertz CT molecular complexity index is 623. The van der Waals surface area contributed by atoms with Gasteiger partial charge in [0.25, 0.3) is 0 Å². The molecule has 0 saturated heterocycles. The van der Waals surface area contributed by atoms with Crippen LogP contribution in [0.1, 0.15) is 33.5 Å². The van der Waals surface area contributed by atoms with Gasteiger partial charge in [0.2, 0.25) is 0 Å². The molecule has 0 radical (unpaired) electrons. The van der Waals surface area contributed by atoms with Gasteiger partial charge < -0.3 is 9.67 Å². The van der Waals surface area contributed by atoms with Gasteiger partial charge in [-0.2, -0.15) is 0 Å². The van der Waals surface area contributed by atoms with Gasteiger partial charge >= 0.3 is 0 Å². The van der Waals surface area contributed by atoms with E-state index < -0.39 is 11.5 Å². The predicted octanol–water partition coefficient (Wildman–Crippen LogP) is 2.57. The van der Waals surface area contributed by atoms with E-state index >= 15 is 0 Å². The highest BCUT2D eigenvalue weighted by molar-refractivity contribution is 5.86. The molecule has 0 aliphatic heterocycles. The van der Waals surface area contributed by atoms with Crippen molar-refractivity contribution in [2.45, 2.75) is 46.8 Å². The van der Waals surface area contributed by atoms with E-state index in [4.69, 9.17) is 0 Å². The Labute approximate surface area is 119 Å². The van der Waals surface area contributed by atoms with E-state index in [9.17, 15) is 9.90 Å². The Kier molecular flexibility index (Phi) is 3.95. The normalized spacial score (nSPS) is 13.7. The summed E-state index contributed by atoms with van der Waals surface area (Å²) in [6.45, 7) is 8.37. The van der Waals surface area contributed by atoms with Crippen molar-refractivity contribution in [3.63, 3.8) is 0 Å². The fraction of sp³-hybridized carbons (Fsp3) is 0.500. The average molecular weight is 274 g/mol. The molecule has 1 unspecified atom stereocenters. The van der Waals surface area contributed by atoms with Crippen molar-refractivity contribution in [1.82, 2.24) is 9.55 Å². The molecule has 20 heavy (non-hydrogen) atoms. The van der Waals surface area contributed by atoms with E-state index in [1.165, 1.54) is 0 Å². The molecule has 0 bridgehead atoms. The number of nitrogens with zero attached hydrogens (tertiary/aromatic N) is 2. The van der Waals surface area contributed by atoms with Crippen molar-refractivity contribution < 1.29 is 9.90 Å². The van der Waals surface area contributed by atoms with Gasteiger partial charge in [0.15, 0.2) is 5.78 Å². The first-order valence-corrected chi connectivity index (χ1v) is 6.99. The van der Waals surface area contributed by atoms with E-state index in [1.54, 1.807) is 0 Å². The molecule has 2 rings (SSSR count). The van der Waals surface area contributed by atoms with Crippen molar-refractivity contribution in [1.29, 1.82) is 0 Å². The number of fused-ring (bicyclic) bond motifs is 1. The fourth-order valence-electron chi connectivity index (χ4n) is 2.35. The minimum absolute atomic E-state index is 0.168. The van der Waals surface area contributed by atoms with Crippen LogP contribution in [0.3, 0.4) is 0 Å². The summed E-state index contributed by atoms with van der Waals surface area (Å²) < 4.78 is 2.03. The van der Waals surface area contributed by atoms with Crippen LogP contribution in [0.25, 0.3) is 11.0 Å². The molecule has 0 aliphatic rings. The lowest BCUT2D eigenvalue weighted by Gasteiger charge is -2.24. The molecule has 108 valence electrons. The molecule has 0 aliphatic carbocycles. The fourth-order valence-corrected chi connectivity index (χ4v) is 2.35. The first-order valence-electron chi connectivity index (χ1n) is 6.99. The number of hydrogen-bond acceptors (Lipinski definition) is 3. The highest BCUT2D eigenvalue weighted by atomic mass is 16.3. The number of imidazole rings is 1. The second kappa shape index (κ2) is 5.37. The SMILES string of the molecule is CCn1c(CC(=O)C(O)C(C)(C)C)nc2ccccc21. The third-order valence-corrected chi connectivity index (χ3v) is 3.51. The number of hydrogen-bond donors (Lipinski definition) is 1. The Hall–Kier alpha value is -1.68. The average Bonchev–Trinajstić information content (AvgIpc) is 2.73. The van der Waals surface area contributed by atoms with Crippen LogP contribution < -0.4 is 0 Å². The third-order valence-electron chi connectivity index (χ3n) is 3.51. The minimum atomic E-state index is -0.965. The van der Waals surface area contributed by atoms with Gasteiger partial charge in [-0.3, -0.25) is 4.79 Å². The molecular formula is C16H22N2O2. The van der Waals surface area contributed by atoms with Crippen LogP contribution in [0.2, 0.25) is 0 Å². The van der Waals surface area contributed by atoms with Gasteiger partial charge in [0.05, 0.1) is 17.5 Å². The minimum Gasteiger partial charge on any atom is -0.385 e. The summed E-state index contributed by atoms with van der Waals surface area (Å²) in [7, 11) is 0. The molecule has 4 heteroatoms. The number of benzene rings is 1. The summed E-state index contributed by atoms with van der Waals surface area (Å²) in [4.78, 5) is 16.7. The number of Topliss-reactive ketones (excluding diaryl/α,β-unsaturated/α-hetero) is 1. The van der Waals surface area contributed by atoms with Crippen LogP contribution in [0.5, 0.6) is 0 Å². The zero-order valence-corrected chi connectivity index (χ0v) is 12.6. The highest BCUT2D eigenvalue weighted by Gasteiger charge is 2.29. The zero-order chi connectivity index (χ0) is 14.9. The summed E-state index contributed by atoms with van der Waals surface area (Å²) in [6, 6.07) is 7.84. The smallest absolute Gasteiger partial charge is 0.169 e. The standard InChI is InChI=1S/C16H22N2O2/c1-5-18-12-9-7-6-8-11(12)17-14(18)10-13(19)15(20)16(2,3)4/h6-9,15,20H,5,10H2,1-4H3. The third kappa shape index (κ3) is 2.75. The molecule has 4 nitrogen and oxygen atoms in total. The predicted molar refractivity (Wildman–Crippen MR) is 79.6 cm³/mol. The molecule has 1 N–H and O–H groups in total. The molecule has 1 heterocycles. The maximum absolute atomic E-state index is 12.2. The lowest BCUT2D eigenvalue weighted by Crippen LogP contribution is -2.35. The van der Waals surface area contributed by atoms with Crippen molar-refractivity contribution in [2.75, 3.05) is 0 Å². The summed E-state index contributed by atoms with van der Waals surface area (Å²) in [5.74, 6) is 0.546. The van der Waals surface area contributed by atoms with Crippen LogP contribution in [0, 0.1) is 5.41 Å².